The van der Waals surface area contributed by atoms with Crippen LogP contribution in [-0.2, 0) is 11.3 Å². The molecule has 0 atom stereocenters. The fraction of sp³-hybridized carbons (Fsp3) is 0.133. The number of aromatic nitrogens is 2. The second-order valence-corrected chi connectivity index (χ2v) is 7.37. The van der Waals surface area contributed by atoms with Crippen molar-refractivity contribution in [3.63, 3.8) is 0 Å². The van der Waals surface area contributed by atoms with Crippen molar-refractivity contribution in [2.75, 3.05) is 16.4 Å². The maximum Gasteiger partial charge on any atom is 0.234 e. The molecule has 6 nitrogen and oxygen atoms in total. The molecule has 25 heavy (non-hydrogen) atoms. The molecule has 0 bridgehead atoms. The minimum atomic E-state index is -0.458. The van der Waals surface area contributed by atoms with Gasteiger partial charge in [0.05, 0.1) is 29.3 Å². The number of nitrogens with zero attached hydrogens (tertiary/aromatic N) is 2. The number of hydrogen-bond acceptors (Lipinski definition) is 7. The first-order valence-electron chi connectivity index (χ1n) is 7.07. The maximum atomic E-state index is 13.0. The van der Waals surface area contributed by atoms with Gasteiger partial charge in [0.15, 0.2) is 4.34 Å². The number of furan rings is 1. The molecule has 3 aromatic rings. The normalized spacial score (nSPS) is 10.6. The third-order valence-electron chi connectivity index (χ3n) is 2.93. The lowest BCUT2D eigenvalue weighted by atomic mass is 10.3. The predicted octanol–water partition coefficient (Wildman–Crippen LogP) is 4.27. The Balaban J connectivity index is 1.47. The van der Waals surface area contributed by atoms with Crippen LogP contribution in [0, 0.1) is 5.82 Å². The van der Waals surface area contributed by atoms with Crippen LogP contribution in [0.5, 0.6) is 0 Å². The van der Waals surface area contributed by atoms with Gasteiger partial charge in [-0.1, -0.05) is 34.7 Å². The smallest absolute Gasteiger partial charge is 0.234 e. The van der Waals surface area contributed by atoms with Gasteiger partial charge in [-0.15, -0.1) is 10.2 Å². The van der Waals surface area contributed by atoms with Crippen molar-refractivity contribution < 1.29 is 13.6 Å². The molecular formula is C15H12ClFN4O2S2. The Morgan fingerprint density at radius 3 is 3.00 bits per heavy atom. The molecule has 130 valence electrons. The van der Waals surface area contributed by atoms with Crippen LogP contribution in [0.1, 0.15) is 5.76 Å². The van der Waals surface area contributed by atoms with E-state index in [4.69, 9.17) is 16.0 Å². The molecule has 1 aromatic carbocycles. The lowest BCUT2D eigenvalue weighted by Crippen LogP contribution is -2.14. The van der Waals surface area contributed by atoms with E-state index < -0.39 is 5.82 Å². The lowest BCUT2D eigenvalue weighted by molar-refractivity contribution is -0.113. The summed E-state index contributed by atoms with van der Waals surface area (Å²) in [5, 5.41) is 14.5. The highest BCUT2D eigenvalue weighted by Gasteiger charge is 2.10. The van der Waals surface area contributed by atoms with Crippen LogP contribution in [0.4, 0.5) is 15.2 Å². The highest BCUT2D eigenvalue weighted by atomic mass is 35.5. The van der Waals surface area contributed by atoms with Gasteiger partial charge in [-0.3, -0.25) is 4.79 Å². The Morgan fingerprint density at radius 1 is 1.36 bits per heavy atom. The van der Waals surface area contributed by atoms with Crippen molar-refractivity contribution in [2.45, 2.75) is 10.9 Å². The van der Waals surface area contributed by atoms with E-state index in [0.717, 1.165) is 11.8 Å². The van der Waals surface area contributed by atoms with Crippen LogP contribution in [0.25, 0.3) is 0 Å². The monoisotopic (exact) mass is 398 g/mol. The van der Waals surface area contributed by atoms with Crippen LogP contribution in [-0.4, -0.2) is 21.9 Å². The molecule has 0 spiro atoms. The molecule has 0 aliphatic carbocycles. The largest absolute Gasteiger partial charge is 0.467 e. The Kier molecular flexibility index (Phi) is 5.90. The number of nitrogens with one attached hydrogen (secondary N) is 2. The molecule has 1 amide bonds. The van der Waals surface area contributed by atoms with E-state index >= 15 is 0 Å². The summed E-state index contributed by atoms with van der Waals surface area (Å²) in [6.07, 6.45) is 1.60. The van der Waals surface area contributed by atoms with Crippen LogP contribution in [0.2, 0.25) is 5.02 Å². The first kappa shape index (κ1) is 17.7. The highest BCUT2D eigenvalue weighted by molar-refractivity contribution is 8.01. The molecular weight excluding hydrogens is 387 g/mol. The fourth-order valence-electron chi connectivity index (χ4n) is 1.82. The number of carbonyl (C=O) groups is 1. The van der Waals surface area contributed by atoms with Crippen LogP contribution < -0.4 is 10.6 Å². The summed E-state index contributed by atoms with van der Waals surface area (Å²) >= 11 is 8.47. The molecule has 0 saturated carbocycles. The molecule has 2 aromatic heterocycles. The fourth-order valence-corrected chi connectivity index (χ4v) is 3.58. The Bertz CT molecular complexity index is 857. The van der Waals surface area contributed by atoms with Crippen molar-refractivity contribution in [3.8, 4) is 0 Å². The first-order chi connectivity index (χ1) is 12.1. The standard InChI is InChI=1S/C15H12ClFN4O2S2/c16-11-6-9(17)3-4-12(11)19-13(22)8-24-15-21-20-14(25-15)18-7-10-2-1-5-23-10/h1-6H,7-8H2,(H,18,20)(H,19,22). The average molecular weight is 399 g/mol. The lowest BCUT2D eigenvalue weighted by Gasteiger charge is -2.06. The third kappa shape index (κ3) is 5.18. The van der Waals surface area contributed by atoms with Crippen molar-refractivity contribution >= 4 is 51.4 Å². The zero-order valence-electron chi connectivity index (χ0n) is 12.7. The quantitative estimate of drug-likeness (QED) is 0.578. The summed E-state index contributed by atoms with van der Waals surface area (Å²) in [6, 6.07) is 7.46. The zero-order valence-corrected chi connectivity index (χ0v) is 15.1. The number of halogens is 2. The van der Waals surface area contributed by atoms with E-state index in [1.54, 1.807) is 6.26 Å². The van der Waals surface area contributed by atoms with Gasteiger partial charge in [0.1, 0.15) is 11.6 Å². The number of thioether (sulfide) groups is 1. The Labute approximate surface area is 155 Å². The van der Waals surface area contributed by atoms with Crippen molar-refractivity contribution in [1.82, 2.24) is 10.2 Å². The van der Waals surface area contributed by atoms with Gasteiger partial charge in [0.25, 0.3) is 0 Å². The van der Waals surface area contributed by atoms with E-state index in [9.17, 15) is 9.18 Å². The van der Waals surface area contributed by atoms with Gasteiger partial charge in [0, 0.05) is 0 Å². The Hall–Kier alpha value is -2.10. The van der Waals surface area contributed by atoms with Gasteiger partial charge in [-0.25, -0.2) is 4.39 Å². The molecule has 10 heteroatoms. The maximum absolute atomic E-state index is 13.0. The summed E-state index contributed by atoms with van der Waals surface area (Å²) < 4.78 is 18.9. The van der Waals surface area contributed by atoms with E-state index in [0.29, 0.717) is 21.7 Å². The van der Waals surface area contributed by atoms with E-state index in [1.807, 2.05) is 12.1 Å². The van der Waals surface area contributed by atoms with Crippen molar-refractivity contribution in [1.29, 1.82) is 0 Å². The topological polar surface area (TPSA) is 80.1 Å². The molecule has 0 aliphatic heterocycles. The van der Waals surface area contributed by atoms with Crippen molar-refractivity contribution in [3.05, 3.63) is 53.2 Å². The number of carbonyl (C=O) groups excluding carboxylic acids is 1. The second kappa shape index (κ2) is 8.32. The number of anilines is 2. The van der Waals surface area contributed by atoms with Gasteiger partial charge < -0.3 is 15.1 Å². The van der Waals surface area contributed by atoms with Gasteiger partial charge >= 0.3 is 0 Å². The molecule has 3 rings (SSSR count). The van der Waals surface area contributed by atoms with Crippen molar-refractivity contribution in [2.24, 2.45) is 0 Å². The molecule has 0 aliphatic rings. The summed E-state index contributed by atoms with van der Waals surface area (Å²) in [4.78, 5) is 12.0. The number of hydrogen-bond donors (Lipinski definition) is 2. The number of benzene rings is 1. The second-order valence-electron chi connectivity index (χ2n) is 4.77. The van der Waals surface area contributed by atoms with Crippen LogP contribution in [0.3, 0.4) is 0 Å². The summed E-state index contributed by atoms with van der Waals surface area (Å²) in [7, 11) is 0. The van der Waals surface area contributed by atoms with Gasteiger partial charge in [-0.2, -0.15) is 0 Å². The van der Waals surface area contributed by atoms with Gasteiger partial charge in [-0.05, 0) is 30.3 Å². The average Bonchev–Trinajstić information content (AvgIpc) is 3.25. The molecule has 0 saturated heterocycles. The zero-order chi connectivity index (χ0) is 17.6. The summed E-state index contributed by atoms with van der Waals surface area (Å²) in [5.41, 5.74) is 0.367. The third-order valence-corrected chi connectivity index (χ3v) is 5.26. The molecule has 0 radical (unpaired) electrons. The molecule has 2 N–H and O–H groups in total. The van der Waals surface area contributed by atoms with E-state index in [1.165, 1.54) is 35.2 Å². The van der Waals surface area contributed by atoms with Gasteiger partial charge in [0.2, 0.25) is 11.0 Å². The minimum Gasteiger partial charge on any atom is -0.467 e. The van der Waals surface area contributed by atoms with E-state index in [-0.39, 0.29) is 16.7 Å². The predicted molar refractivity (Wildman–Crippen MR) is 96.7 cm³/mol. The highest BCUT2D eigenvalue weighted by Crippen LogP contribution is 2.27. The first-order valence-corrected chi connectivity index (χ1v) is 9.25. The summed E-state index contributed by atoms with van der Waals surface area (Å²) in [6.45, 7) is 0.510. The summed E-state index contributed by atoms with van der Waals surface area (Å²) in [5.74, 6) is 0.208. The van der Waals surface area contributed by atoms with Crippen LogP contribution in [0.15, 0.2) is 45.4 Å². The SMILES string of the molecule is O=C(CSc1nnc(NCc2ccco2)s1)Nc1ccc(F)cc1Cl. The minimum absolute atomic E-state index is 0.139. The molecule has 0 fully saturated rings. The van der Waals surface area contributed by atoms with E-state index in [2.05, 4.69) is 20.8 Å². The molecule has 2 heterocycles. The molecule has 0 unspecified atom stereocenters. The Morgan fingerprint density at radius 2 is 2.24 bits per heavy atom. The number of rotatable bonds is 7. The van der Waals surface area contributed by atoms with Crippen LogP contribution >= 0.6 is 34.7 Å². The number of amides is 1.